The Morgan fingerprint density at radius 2 is 0.823 bits per heavy atom. The van der Waals surface area contributed by atoms with Gasteiger partial charge in [0.2, 0.25) is 20.0 Å². The van der Waals surface area contributed by atoms with Gasteiger partial charge in [-0.3, -0.25) is 33.0 Å². The van der Waals surface area contributed by atoms with Gasteiger partial charge in [-0.1, -0.05) is 72.4 Å². The fraction of sp³-hybridized carbons (Fsp3) is 0.509. The number of likely N-dealkylation sites (tertiary alicyclic amines) is 4. The normalized spacial score (nSPS) is 21.7. The maximum absolute atomic E-state index is 14.0. The molecule has 0 saturated carbocycles. The number of fused-ring (bicyclic) bond motifs is 4. The highest BCUT2D eigenvalue weighted by atomic mass is 35.5. The molecule has 22 rings (SSSR count). The summed E-state index contributed by atoms with van der Waals surface area (Å²) in [4.78, 5) is 94.9. The standard InChI is InChI=1S/C28H35ClFN7O3S.C27H32ClF3N8O3S.C26H33N5O.C25H31N5O/c1-41(39,40)33-22-9-8-20(29)14-21(22)28(38)36-13-3-2-7-24(36)23-15-26-31-25(34-11-5-12-34)16-27(37(26)32-23)35-10-4-6-19(17-30)18-35;1-43(41,42)35-19-7-6-17(28)13-18(19)26(40)38-11-3-2-5-21(38)20-14-24-33-23(36-9-4-10-36)15-25(39(24)34-20)37-12-8-32-22(16-37)27(29,30)31;1-17-8-10-29(15-17)25-20(4)16-31-24(27-25)14-22(28-31)23-7-5-6-9-30(23)26(32)21-12-18(2)11-19(3)13-21;1-17-11-13-28(15-17)24-19(3)16-30-23(26-24)14-21(27-30)22-10-6-7-12-29(22)25(31)20-9-5-4-8-18(20)2/h8-9,14-16,19,24,33H,2-7,10-13,17-18H2,1H3;6-7,13-15,21-22,32,35H,2-5,8-12,16H2,1H3;11-14,16-17,23H,5-10,15H2,1-4H3;4-5,8-9,14,16-17,22H,6-7,10-13,15H2,1-3H3/t19-,24-;21-,22?;17-,23-;17-,22-/m0000/s1. The molecule has 10 aliphatic rings. The van der Waals surface area contributed by atoms with Gasteiger partial charge in [0.25, 0.3) is 23.6 Å². The number of hydrogen-bond acceptors (Lipinski definition) is 23. The van der Waals surface area contributed by atoms with Crippen molar-refractivity contribution in [2.75, 3.05) is 169 Å². The average Bonchev–Trinajstić information content (AvgIpc) is 1.63. The van der Waals surface area contributed by atoms with Crippen LogP contribution in [0.2, 0.25) is 10.0 Å². The van der Waals surface area contributed by atoms with E-state index < -0.39 is 44.2 Å². The van der Waals surface area contributed by atoms with Crippen molar-refractivity contribution in [2.24, 2.45) is 17.8 Å². The van der Waals surface area contributed by atoms with Crippen LogP contribution in [0, 0.1) is 52.4 Å². The Labute approximate surface area is 865 Å². The zero-order chi connectivity index (χ0) is 103. The minimum Gasteiger partial charge on any atom is -0.356 e. The van der Waals surface area contributed by atoms with Gasteiger partial charge in [0.1, 0.15) is 40.9 Å². The molecule has 8 aromatic heterocycles. The van der Waals surface area contributed by atoms with Crippen LogP contribution in [0.1, 0.15) is 246 Å². The van der Waals surface area contributed by atoms with Crippen LogP contribution in [0.25, 0.3) is 22.6 Å². The van der Waals surface area contributed by atoms with Crippen molar-refractivity contribution < 1.29 is 53.6 Å². The predicted molar refractivity (Wildman–Crippen MR) is 565 cm³/mol. The first kappa shape index (κ1) is 103. The largest absolute Gasteiger partial charge is 0.405 e. The van der Waals surface area contributed by atoms with Gasteiger partial charge in [0, 0.05) is 198 Å². The van der Waals surface area contributed by atoms with Gasteiger partial charge in [0.15, 0.2) is 22.6 Å². The molecule has 782 valence electrons. The number of rotatable bonds is 19. The Morgan fingerprint density at radius 1 is 0.408 bits per heavy atom. The topological polar surface area (TPSA) is 326 Å². The van der Waals surface area contributed by atoms with E-state index in [4.69, 9.17) is 63.5 Å². The molecule has 0 bridgehead atoms. The van der Waals surface area contributed by atoms with Crippen molar-refractivity contribution in [3.05, 3.63) is 211 Å². The number of piperazine rings is 1. The second kappa shape index (κ2) is 43.5. The van der Waals surface area contributed by atoms with Crippen LogP contribution in [-0.2, 0) is 20.0 Å². The number of piperidine rings is 5. The van der Waals surface area contributed by atoms with Gasteiger partial charge in [-0.05, 0) is 222 Å². The van der Waals surface area contributed by atoms with E-state index in [1.165, 1.54) is 43.2 Å². The predicted octanol–water partition coefficient (Wildman–Crippen LogP) is 17.6. The summed E-state index contributed by atoms with van der Waals surface area (Å²) in [5, 5.41) is 22.8. The summed E-state index contributed by atoms with van der Waals surface area (Å²) in [6.07, 6.45) is 19.0. The highest BCUT2D eigenvalue weighted by molar-refractivity contribution is 7.92. The molecule has 41 heteroatoms. The molecular weight excluding hydrogens is 1960 g/mol. The number of aryl methyl sites for hydroxylation is 5. The molecule has 10 fully saturated rings. The third-order valence-electron chi connectivity index (χ3n) is 30.1. The summed E-state index contributed by atoms with van der Waals surface area (Å²) >= 11 is 12.5. The molecule has 1 unspecified atom stereocenters. The number of sulfonamides is 2. The maximum Gasteiger partial charge on any atom is 0.405 e. The molecule has 33 nitrogen and oxygen atoms in total. The number of aromatic nitrogens is 12. The van der Waals surface area contributed by atoms with Gasteiger partial charge in [-0.15, -0.1) is 0 Å². The van der Waals surface area contributed by atoms with Crippen LogP contribution in [0.3, 0.4) is 0 Å². The lowest BCUT2D eigenvalue weighted by atomic mass is 9.97. The zero-order valence-electron chi connectivity index (χ0n) is 84.9. The number of halogens is 6. The lowest BCUT2D eigenvalue weighted by molar-refractivity contribution is -0.155. The van der Waals surface area contributed by atoms with E-state index in [0.717, 1.165) is 265 Å². The molecule has 12 aromatic rings. The minimum absolute atomic E-state index is 0.00174. The van der Waals surface area contributed by atoms with E-state index in [0.29, 0.717) is 84.5 Å². The fourth-order valence-electron chi connectivity index (χ4n) is 22.4. The molecule has 10 aliphatic heterocycles. The number of carbonyl (C=O) groups excluding carboxylic acids is 4. The summed E-state index contributed by atoms with van der Waals surface area (Å²) in [5.41, 5.74) is 13.8. The lowest BCUT2D eigenvalue weighted by Crippen LogP contribution is -2.57. The maximum atomic E-state index is 14.0. The Morgan fingerprint density at radius 3 is 1.23 bits per heavy atom. The number of alkyl halides is 4. The third kappa shape index (κ3) is 23.2. The van der Waals surface area contributed by atoms with Crippen LogP contribution >= 0.6 is 23.2 Å². The number of benzene rings is 4. The number of carbonyl (C=O) groups is 4. The Bertz CT molecular complexity index is 7140. The first-order chi connectivity index (χ1) is 70.5. The van der Waals surface area contributed by atoms with Crippen molar-refractivity contribution in [1.29, 1.82) is 0 Å². The van der Waals surface area contributed by atoms with Crippen molar-refractivity contribution in [3.63, 3.8) is 0 Å². The van der Waals surface area contributed by atoms with E-state index in [2.05, 4.69) is 104 Å². The average molecular weight is 2090 g/mol. The van der Waals surface area contributed by atoms with Crippen molar-refractivity contribution in [3.8, 4) is 0 Å². The van der Waals surface area contributed by atoms with E-state index >= 15 is 0 Å². The molecule has 0 aliphatic carbocycles. The van der Waals surface area contributed by atoms with E-state index in [-0.39, 0.29) is 89.1 Å². The lowest BCUT2D eigenvalue weighted by Gasteiger charge is -2.37. The molecule has 4 amide bonds. The van der Waals surface area contributed by atoms with Gasteiger partial charge in [0.05, 0.1) is 88.6 Å². The Balaban J connectivity index is 0.000000125. The summed E-state index contributed by atoms with van der Waals surface area (Å²) in [6.45, 7) is 26.5. The molecule has 4 aromatic carbocycles. The SMILES string of the molecule is CS(=O)(=O)Nc1ccc(Cl)cc1C(=O)N1CCCC[C@H]1c1cc2nc(N3CCC3)cc(N3CCC[C@@H](CF)C3)n2n1.CS(=O)(=O)Nc1ccc(Cl)cc1C(=O)N1CCCC[C@H]1c1cc2nc(N3CCC3)cc(N3CCNC(C(F)(F)F)C3)n2n1.Cc1cc(C)cc(C(=O)N2CCCC[C@H]2c2cc3nc(N4CC[C@H](C)C4)c(C)cn3n2)c1.Cc1ccccc1C(=O)N1CCCC[C@H]1c1cc2nc(N3CC[C@H](C)C3)c(C)cn2n1. The quantitative estimate of drug-likeness (QED) is 0.0633. The zero-order valence-corrected chi connectivity index (χ0v) is 88.0. The highest BCUT2D eigenvalue weighted by Crippen LogP contribution is 2.43. The van der Waals surface area contributed by atoms with Crippen molar-refractivity contribution in [1.82, 2.24) is 83.3 Å². The van der Waals surface area contributed by atoms with Crippen LogP contribution in [0.15, 0.2) is 128 Å². The second-order valence-electron chi connectivity index (χ2n) is 41.7. The Kier molecular flexibility index (Phi) is 30.6. The number of nitrogens with one attached hydrogen (secondary N) is 3. The first-order valence-electron chi connectivity index (χ1n) is 51.8. The molecule has 8 atom stereocenters. The number of hydrogen-bond donors (Lipinski definition) is 3. The molecule has 18 heterocycles. The van der Waals surface area contributed by atoms with Gasteiger partial charge in [-0.2, -0.15) is 42.6 Å². The van der Waals surface area contributed by atoms with E-state index in [9.17, 15) is 53.6 Å². The number of anilines is 8. The van der Waals surface area contributed by atoms with Crippen LogP contribution in [-0.4, -0.2) is 261 Å². The monoisotopic (exact) mass is 2090 g/mol. The van der Waals surface area contributed by atoms with Gasteiger partial charge < -0.3 is 54.3 Å². The molecular formula is C106H131Cl2F4N25O8S2. The number of amides is 4. The van der Waals surface area contributed by atoms with Crippen LogP contribution < -0.4 is 44.2 Å². The fourth-order valence-corrected chi connectivity index (χ4v) is 23.9. The smallest absolute Gasteiger partial charge is 0.356 e. The van der Waals surface area contributed by atoms with Gasteiger partial charge in [-0.25, -0.2) is 45.8 Å². The van der Waals surface area contributed by atoms with Crippen LogP contribution in [0.5, 0.6) is 0 Å². The molecule has 10 saturated heterocycles. The third-order valence-corrected chi connectivity index (χ3v) is 31.8. The minimum atomic E-state index is -4.39. The Hall–Kier alpha value is -12.2. The van der Waals surface area contributed by atoms with Crippen LogP contribution in [0.4, 0.5) is 63.8 Å². The summed E-state index contributed by atoms with van der Waals surface area (Å²) in [7, 11) is -7.28. The summed E-state index contributed by atoms with van der Waals surface area (Å²) < 4.78 is 115. The molecule has 3 N–H and O–H groups in total. The van der Waals surface area contributed by atoms with Crippen molar-refractivity contribution >= 4 is 136 Å². The molecule has 147 heavy (non-hydrogen) atoms. The summed E-state index contributed by atoms with van der Waals surface area (Å²) in [5.74, 6) is 6.02. The first-order valence-corrected chi connectivity index (χ1v) is 56.3. The highest BCUT2D eigenvalue weighted by Gasteiger charge is 2.45. The van der Waals surface area contributed by atoms with Crippen molar-refractivity contribution in [2.45, 2.75) is 200 Å². The molecule has 0 radical (unpaired) electrons. The number of nitrogens with zero attached hydrogens (tertiary/aromatic N) is 22. The molecule has 0 spiro atoms. The van der Waals surface area contributed by atoms with E-state index in [1.807, 2.05) is 86.6 Å². The second-order valence-corrected chi connectivity index (χ2v) is 46.1. The van der Waals surface area contributed by atoms with Gasteiger partial charge >= 0.3 is 6.18 Å². The summed E-state index contributed by atoms with van der Waals surface area (Å²) in [6, 6.07) is 32.2. The van der Waals surface area contributed by atoms with E-state index in [1.54, 1.807) is 37.4 Å².